The summed E-state index contributed by atoms with van der Waals surface area (Å²) in [7, 11) is 1.60. The molecule has 1 aromatic rings. The van der Waals surface area contributed by atoms with E-state index < -0.39 is 0 Å². The third-order valence-corrected chi connectivity index (χ3v) is 3.23. The van der Waals surface area contributed by atoms with E-state index in [4.69, 9.17) is 4.74 Å². The molecule has 18 heavy (non-hydrogen) atoms. The van der Waals surface area contributed by atoms with E-state index in [0.29, 0.717) is 11.8 Å². The van der Waals surface area contributed by atoms with Gasteiger partial charge in [0.2, 0.25) is 0 Å². The van der Waals surface area contributed by atoms with Gasteiger partial charge in [-0.3, -0.25) is 0 Å². The van der Waals surface area contributed by atoms with Crippen molar-refractivity contribution < 1.29 is 9.84 Å². The average molecular weight is 251 g/mol. The SMILES string of the molecule is CCCCC(C)NC(C)c1ccc(OC)cc1O. The highest BCUT2D eigenvalue weighted by atomic mass is 16.5. The Morgan fingerprint density at radius 3 is 2.61 bits per heavy atom. The summed E-state index contributed by atoms with van der Waals surface area (Å²) >= 11 is 0. The van der Waals surface area contributed by atoms with Gasteiger partial charge < -0.3 is 15.2 Å². The summed E-state index contributed by atoms with van der Waals surface area (Å²) in [6, 6.07) is 6.05. The standard InChI is InChI=1S/C15H25NO2/c1-5-6-7-11(2)16-12(3)14-9-8-13(18-4)10-15(14)17/h8-12,16-17H,5-7H2,1-4H3. The number of benzene rings is 1. The maximum atomic E-state index is 9.96. The highest BCUT2D eigenvalue weighted by molar-refractivity contribution is 5.41. The quantitative estimate of drug-likeness (QED) is 0.777. The minimum atomic E-state index is 0.141. The first kappa shape index (κ1) is 14.8. The Labute approximate surface area is 110 Å². The summed E-state index contributed by atoms with van der Waals surface area (Å²) in [4.78, 5) is 0. The van der Waals surface area contributed by atoms with Gasteiger partial charge in [-0.25, -0.2) is 0 Å². The van der Waals surface area contributed by atoms with Gasteiger partial charge in [0.05, 0.1) is 7.11 Å². The monoisotopic (exact) mass is 251 g/mol. The number of rotatable bonds is 7. The maximum Gasteiger partial charge on any atom is 0.124 e. The first-order valence-corrected chi connectivity index (χ1v) is 6.71. The van der Waals surface area contributed by atoms with Gasteiger partial charge in [0.25, 0.3) is 0 Å². The number of hydrogen-bond donors (Lipinski definition) is 2. The molecule has 0 aliphatic heterocycles. The first-order chi connectivity index (χ1) is 8.58. The Balaban J connectivity index is 2.63. The zero-order valence-electron chi connectivity index (χ0n) is 11.9. The van der Waals surface area contributed by atoms with Gasteiger partial charge in [0.1, 0.15) is 11.5 Å². The van der Waals surface area contributed by atoms with E-state index in [1.54, 1.807) is 13.2 Å². The molecule has 3 nitrogen and oxygen atoms in total. The number of phenols is 1. The molecule has 0 radical (unpaired) electrons. The van der Waals surface area contributed by atoms with Crippen molar-refractivity contribution in [1.82, 2.24) is 5.32 Å². The van der Waals surface area contributed by atoms with E-state index in [9.17, 15) is 5.11 Å². The molecule has 1 rings (SSSR count). The lowest BCUT2D eigenvalue weighted by atomic mass is 10.0. The fraction of sp³-hybridized carbons (Fsp3) is 0.600. The van der Waals surface area contributed by atoms with Crippen LogP contribution in [0.25, 0.3) is 0 Å². The molecule has 1 aromatic carbocycles. The lowest BCUT2D eigenvalue weighted by Crippen LogP contribution is -2.28. The largest absolute Gasteiger partial charge is 0.507 e. The Bertz CT molecular complexity index is 366. The van der Waals surface area contributed by atoms with Crippen LogP contribution < -0.4 is 10.1 Å². The van der Waals surface area contributed by atoms with Crippen molar-refractivity contribution in [3.05, 3.63) is 23.8 Å². The van der Waals surface area contributed by atoms with Crippen LogP contribution in [-0.4, -0.2) is 18.3 Å². The molecule has 3 heteroatoms. The molecule has 0 amide bonds. The third kappa shape index (κ3) is 4.22. The zero-order valence-corrected chi connectivity index (χ0v) is 11.9. The van der Waals surface area contributed by atoms with Crippen LogP contribution in [0.3, 0.4) is 0 Å². The van der Waals surface area contributed by atoms with Crippen molar-refractivity contribution in [1.29, 1.82) is 0 Å². The van der Waals surface area contributed by atoms with E-state index in [1.165, 1.54) is 12.8 Å². The molecule has 0 saturated heterocycles. The molecule has 2 N–H and O–H groups in total. The van der Waals surface area contributed by atoms with Crippen LogP contribution in [0.2, 0.25) is 0 Å². The topological polar surface area (TPSA) is 41.5 Å². The summed E-state index contributed by atoms with van der Waals surface area (Å²) in [5.41, 5.74) is 0.916. The van der Waals surface area contributed by atoms with Crippen molar-refractivity contribution in [2.45, 2.75) is 52.1 Å². The normalized spacial score (nSPS) is 14.2. The van der Waals surface area contributed by atoms with E-state index in [2.05, 4.69) is 26.1 Å². The van der Waals surface area contributed by atoms with Crippen LogP contribution >= 0.6 is 0 Å². The summed E-state index contributed by atoms with van der Waals surface area (Å²) in [6.45, 7) is 6.46. The second kappa shape index (κ2) is 7.27. The van der Waals surface area contributed by atoms with Gasteiger partial charge in [-0.05, 0) is 26.3 Å². The van der Waals surface area contributed by atoms with Crippen LogP contribution in [0.1, 0.15) is 51.6 Å². The van der Waals surface area contributed by atoms with Gasteiger partial charge in [0, 0.05) is 23.7 Å². The number of nitrogens with one attached hydrogen (secondary N) is 1. The molecule has 2 unspecified atom stereocenters. The van der Waals surface area contributed by atoms with Crippen LogP contribution in [-0.2, 0) is 0 Å². The van der Waals surface area contributed by atoms with E-state index >= 15 is 0 Å². The second-order valence-corrected chi connectivity index (χ2v) is 4.86. The van der Waals surface area contributed by atoms with Gasteiger partial charge >= 0.3 is 0 Å². The van der Waals surface area contributed by atoms with Crippen molar-refractivity contribution in [3.8, 4) is 11.5 Å². The molecule has 0 aliphatic carbocycles. The molecule has 0 bridgehead atoms. The van der Waals surface area contributed by atoms with Gasteiger partial charge in [-0.2, -0.15) is 0 Å². The highest BCUT2D eigenvalue weighted by Gasteiger charge is 2.13. The fourth-order valence-electron chi connectivity index (χ4n) is 2.13. The number of unbranched alkanes of at least 4 members (excludes halogenated alkanes) is 1. The summed E-state index contributed by atoms with van der Waals surface area (Å²) < 4.78 is 5.08. The van der Waals surface area contributed by atoms with Crippen LogP contribution in [0.15, 0.2) is 18.2 Å². The molecule has 0 saturated carbocycles. The fourth-order valence-corrected chi connectivity index (χ4v) is 2.13. The predicted octanol–water partition coefficient (Wildman–Crippen LogP) is 3.63. The zero-order chi connectivity index (χ0) is 13.5. The van der Waals surface area contributed by atoms with Crippen molar-refractivity contribution in [2.75, 3.05) is 7.11 Å². The Morgan fingerprint density at radius 1 is 1.33 bits per heavy atom. The number of aromatic hydroxyl groups is 1. The molecule has 0 aliphatic rings. The van der Waals surface area contributed by atoms with Crippen LogP contribution in [0.5, 0.6) is 11.5 Å². The minimum Gasteiger partial charge on any atom is -0.507 e. The molecule has 0 fully saturated rings. The third-order valence-electron chi connectivity index (χ3n) is 3.23. The molecule has 2 atom stereocenters. The molecular weight excluding hydrogens is 226 g/mol. The summed E-state index contributed by atoms with van der Waals surface area (Å²) in [5, 5.41) is 13.5. The van der Waals surface area contributed by atoms with E-state index in [0.717, 1.165) is 12.0 Å². The first-order valence-electron chi connectivity index (χ1n) is 6.71. The van der Waals surface area contributed by atoms with Crippen LogP contribution in [0, 0.1) is 0 Å². The summed E-state index contributed by atoms with van der Waals surface area (Å²) in [6.07, 6.45) is 3.61. The average Bonchev–Trinajstić information content (AvgIpc) is 2.35. The van der Waals surface area contributed by atoms with Gasteiger partial charge in [-0.1, -0.05) is 25.8 Å². The highest BCUT2D eigenvalue weighted by Crippen LogP contribution is 2.28. The predicted molar refractivity (Wildman–Crippen MR) is 75.2 cm³/mol. The smallest absolute Gasteiger partial charge is 0.124 e. The number of phenolic OH excluding ortho intramolecular Hbond substituents is 1. The number of hydrogen-bond acceptors (Lipinski definition) is 3. The van der Waals surface area contributed by atoms with E-state index in [1.807, 2.05) is 12.1 Å². The van der Waals surface area contributed by atoms with Crippen molar-refractivity contribution in [3.63, 3.8) is 0 Å². The van der Waals surface area contributed by atoms with Crippen molar-refractivity contribution in [2.24, 2.45) is 0 Å². The molecule has 0 spiro atoms. The lowest BCUT2D eigenvalue weighted by Gasteiger charge is -2.21. The Morgan fingerprint density at radius 2 is 2.06 bits per heavy atom. The maximum absolute atomic E-state index is 9.96. The Hall–Kier alpha value is -1.22. The Kier molecular flexibility index (Phi) is 5.99. The number of ether oxygens (including phenoxy) is 1. The van der Waals surface area contributed by atoms with Gasteiger partial charge in [0.15, 0.2) is 0 Å². The van der Waals surface area contributed by atoms with Gasteiger partial charge in [-0.15, -0.1) is 0 Å². The number of methoxy groups -OCH3 is 1. The summed E-state index contributed by atoms with van der Waals surface area (Å²) in [5.74, 6) is 0.972. The minimum absolute atomic E-state index is 0.141. The molecule has 0 heterocycles. The molecule has 102 valence electrons. The van der Waals surface area contributed by atoms with Crippen LogP contribution in [0.4, 0.5) is 0 Å². The molecule has 0 aromatic heterocycles. The second-order valence-electron chi connectivity index (χ2n) is 4.86. The van der Waals surface area contributed by atoms with Crippen molar-refractivity contribution >= 4 is 0 Å². The lowest BCUT2D eigenvalue weighted by molar-refractivity contribution is 0.398. The molecular formula is C15H25NO2. The van der Waals surface area contributed by atoms with E-state index in [-0.39, 0.29) is 11.8 Å².